The molecule has 1 atom stereocenters. The molecule has 18 heavy (non-hydrogen) atoms. The van der Waals surface area contributed by atoms with Crippen LogP contribution in [0.4, 0.5) is 0 Å². The number of ether oxygens (including phenoxy) is 1. The van der Waals surface area contributed by atoms with Crippen LogP contribution in [-0.4, -0.2) is 30.4 Å². The minimum Gasteiger partial charge on any atom is -0.468 e. The number of amides is 1. The molecule has 98 valence electrons. The molecule has 0 bridgehead atoms. The van der Waals surface area contributed by atoms with Crippen molar-refractivity contribution in [1.82, 2.24) is 5.32 Å². The van der Waals surface area contributed by atoms with Crippen LogP contribution in [0.15, 0.2) is 22.7 Å². The van der Waals surface area contributed by atoms with Crippen molar-refractivity contribution in [2.24, 2.45) is 0 Å². The van der Waals surface area contributed by atoms with Gasteiger partial charge in [0.15, 0.2) is 0 Å². The smallest absolute Gasteiger partial charge is 0.321 e. The number of carbonyl (C=O) groups excluding carboxylic acids is 2. The fraction of sp³-hybridized carbons (Fsp3) is 0.273. The maximum Gasteiger partial charge on any atom is 0.321 e. The third kappa shape index (κ3) is 4.51. The lowest BCUT2D eigenvalue weighted by Gasteiger charge is -2.10. The zero-order chi connectivity index (χ0) is 13.7. The molecule has 1 rings (SSSR count). The van der Waals surface area contributed by atoms with Crippen LogP contribution < -0.4 is 5.32 Å². The zero-order valence-corrected chi connectivity index (χ0v) is 14.7. The molecule has 0 heterocycles. The minimum atomic E-state index is -0.545. The van der Waals surface area contributed by atoms with Gasteiger partial charge in [-0.3, -0.25) is 9.59 Å². The topological polar surface area (TPSA) is 55.4 Å². The SMILES string of the molecule is COC(=O)C(Br)CNC(=O)c1cc(Br)ccc1I. The van der Waals surface area contributed by atoms with Gasteiger partial charge < -0.3 is 10.1 Å². The van der Waals surface area contributed by atoms with Crippen molar-refractivity contribution >= 4 is 66.3 Å². The van der Waals surface area contributed by atoms with Crippen molar-refractivity contribution in [2.45, 2.75) is 4.83 Å². The van der Waals surface area contributed by atoms with Gasteiger partial charge in [-0.1, -0.05) is 31.9 Å². The largest absolute Gasteiger partial charge is 0.468 e. The second-order valence-electron chi connectivity index (χ2n) is 3.32. The summed E-state index contributed by atoms with van der Waals surface area (Å²) in [5.41, 5.74) is 0.564. The highest BCUT2D eigenvalue weighted by molar-refractivity contribution is 14.1. The van der Waals surface area contributed by atoms with Gasteiger partial charge in [-0.2, -0.15) is 0 Å². The molecule has 0 aliphatic heterocycles. The minimum absolute atomic E-state index is 0.175. The standard InChI is InChI=1S/C11H10Br2INO3/c1-18-11(17)8(13)5-15-10(16)7-4-6(12)2-3-9(7)14/h2-4,8H,5H2,1H3,(H,15,16). The molecule has 1 unspecified atom stereocenters. The lowest BCUT2D eigenvalue weighted by molar-refractivity contribution is -0.139. The molecule has 0 saturated carbocycles. The quantitative estimate of drug-likeness (QED) is 0.401. The number of rotatable bonds is 4. The van der Waals surface area contributed by atoms with Crippen LogP contribution in [0.5, 0.6) is 0 Å². The Kier molecular flexibility index (Phi) is 6.58. The molecule has 0 spiro atoms. The molecule has 0 aromatic heterocycles. The van der Waals surface area contributed by atoms with Crippen molar-refractivity contribution < 1.29 is 14.3 Å². The molecule has 1 N–H and O–H groups in total. The molecule has 1 amide bonds. The molecular formula is C11H10Br2INO3. The molecule has 4 nitrogen and oxygen atoms in total. The van der Waals surface area contributed by atoms with E-state index in [1.165, 1.54) is 7.11 Å². The van der Waals surface area contributed by atoms with E-state index in [1.807, 2.05) is 12.1 Å². The number of alkyl halides is 1. The van der Waals surface area contributed by atoms with Gasteiger partial charge in [-0.25, -0.2) is 0 Å². The van der Waals surface area contributed by atoms with Crippen LogP contribution in [0.25, 0.3) is 0 Å². The molecule has 0 aliphatic carbocycles. The highest BCUT2D eigenvalue weighted by Crippen LogP contribution is 2.18. The number of methoxy groups -OCH3 is 1. The summed E-state index contributed by atoms with van der Waals surface area (Å²) in [4.78, 5) is 22.5. The van der Waals surface area contributed by atoms with Crippen molar-refractivity contribution in [3.63, 3.8) is 0 Å². The Balaban J connectivity index is 2.66. The van der Waals surface area contributed by atoms with Gasteiger partial charge in [0.05, 0.1) is 12.7 Å². The van der Waals surface area contributed by atoms with Gasteiger partial charge in [-0.05, 0) is 40.8 Å². The van der Waals surface area contributed by atoms with Gasteiger partial charge in [-0.15, -0.1) is 0 Å². The molecule has 0 fully saturated rings. The van der Waals surface area contributed by atoms with Crippen molar-refractivity contribution in [3.8, 4) is 0 Å². The Morgan fingerprint density at radius 2 is 2.17 bits per heavy atom. The summed E-state index contributed by atoms with van der Waals surface area (Å²) >= 11 is 8.53. The van der Waals surface area contributed by atoms with E-state index in [2.05, 4.69) is 64.5 Å². The average molecular weight is 491 g/mol. The molecule has 0 saturated heterocycles. The zero-order valence-electron chi connectivity index (χ0n) is 9.38. The molecule has 7 heteroatoms. The van der Waals surface area contributed by atoms with Crippen LogP contribution in [0.2, 0.25) is 0 Å². The molecule has 1 aromatic rings. The van der Waals surface area contributed by atoms with Crippen molar-refractivity contribution in [3.05, 3.63) is 31.8 Å². The average Bonchev–Trinajstić information content (AvgIpc) is 2.37. The predicted molar refractivity (Wildman–Crippen MR) is 83.9 cm³/mol. The van der Waals surface area contributed by atoms with E-state index >= 15 is 0 Å². The number of benzene rings is 1. The van der Waals surface area contributed by atoms with E-state index in [0.717, 1.165) is 8.04 Å². The Morgan fingerprint density at radius 3 is 2.78 bits per heavy atom. The molecule has 0 radical (unpaired) electrons. The lowest BCUT2D eigenvalue weighted by atomic mass is 10.2. The van der Waals surface area contributed by atoms with Gasteiger partial charge in [0.1, 0.15) is 4.83 Å². The monoisotopic (exact) mass is 489 g/mol. The van der Waals surface area contributed by atoms with Gasteiger partial charge in [0, 0.05) is 14.6 Å². The third-order valence-electron chi connectivity index (χ3n) is 2.07. The Hall–Kier alpha value is -0.150. The summed E-state index contributed by atoms with van der Waals surface area (Å²) in [6, 6.07) is 5.43. The summed E-state index contributed by atoms with van der Waals surface area (Å²) in [7, 11) is 1.30. The summed E-state index contributed by atoms with van der Waals surface area (Å²) < 4.78 is 6.22. The van der Waals surface area contributed by atoms with Crippen LogP contribution in [0.1, 0.15) is 10.4 Å². The fourth-order valence-electron chi connectivity index (χ4n) is 1.16. The van der Waals surface area contributed by atoms with Crippen LogP contribution in [0.3, 0.4) is 0 Å². The van der Waals surface area contributed by atoms with Gasteiger partial charge in [0.25, 0.3) is 5.91 Å². The highest BCUT2D eigenvalue weighted by Gasteiger charge is 2.17. The normalized spacial score (nSPS) is 11.8. The first kappa shape index (κ1) is 15.9. The number of nitrogens with one attached hydrogen (secondary N) is 1. The van der Waals surface area contributed by atoms with Crippen LogP contribution >= 0.6 is 54.5 Å². The third-order valence-corrected chi connectivity index (χ3v) is 4.20. The van der Waals surface area contributed by atoms with Crippen LogP contribution in [0, 0.1) is 3.57 Å². The highest BCUT2D eigenvalue weighted by atomic mass is 127. The lowest BCUT2D eigenvalue weighted by Crippen LogP contribution is -2.34. The summed E-state index contributed by atoms with van der Waals surface area (Å²) in [6.45, 7) is 0.175. The van der Waals surface area contributed by atoms with Gasteiger partial charge in [0.2, 0.25) is 0 Å². The van der Waals surface area contributed by atoms with Crippen molar-refractivity contribution in [2.75, 3.05) is 13.7 Å². The Bertz CT molecular complexity index is 468. The maximum absolute atomic E-state index is 11.9. The first-order valence-electron chi connectivity index (χ1n) is 4.91. The Morgan fingerprint density at radius 1 is 1.50 bits per heavy atom. The first-order chi connectivity index (χ1) is 8.45. The van der Waals surface area contributed by atoms with E-state index in [9.17, 15) is 9.59 Å². The predicted octanol–water partition coefficient (Wildman–Crippen LogP) is 2.72. The fourth-order valence-corrected chi connectivity index (χ4v) is 2.45. The number of esters is 1. The Labute approximate surface area is 135 Å². The first-order valence-corrected chi connectivity index (χ1v) is 7.69. The molecular weight excluding hydrogens is 481 g/mol. The van der Waals surface area contributed by atoms with Crippen LogP contribution in [-0.2, 0) is 9.53 Å². The summed E-state index contributed by atoms with van der Waals surface area (Å²) in [5, 5.41) is 2.67. The second kappa shape index (κ2) is 7.44. The van der Waals surface area contributed by atoms with E-state index in [-0.39, 0.29) is 12.5 Å². The van der Waals surface area contributed by atoms with Gasteiger partial charge >= 0.3 is 5.97 Å². The number of hydrogen-bond donors (Lipinski definition) is 1. The van der Waals surface area contributed by atoms with E-state index in [0.29, 0.717) is 5.56 Å². The second-order valence-corrected chi connectivity index (χ2v) is 6.51. The molecule has 1 aromatic carbocycles. The summed E-state index contributed by atoms with van der Waals surface area (Å²) in [6.07, 6.45) is 0. The van der Waals surface area contributed by atoms with E-state index in [1.54, 1.807) is 6.07 Å². The van der Waals surface area contributed by atoms with E-state index < -0.39 is 10.8 Å². The maximum atomic E-state index is 11.9. The number of halogens is 3. The number of carbonyl (C=O) groups is 2. The molecule has 0 aliphatic rings. The van der Waals surface area contributed by atoms with E-state index in [4.69, 9.17) is 0 Å². The summed E-state index contributed by atoms with van der Waals surface area (Å²) in [5.74, 6) is -0.645. The number of hydrogen-bond acceptors (Lipinski definition) is 3. The van der Waals surface area contributed by atoms with Crippen molar-refractivity contribution in [1.29, 1.82) is 0 Å².